The molecule has 0 aliphatic carbocycles. The molecule has 0 atom stereocenters. The predicted octanol–water partition coefficient (Wildman–Crippen LogP) is 0.580. The molecule has 0 radical (unpaired) electrons. The van der Waals surface area contributed by atoms with E-state index in [1.54, 1.807) is 0 Å². The van der Waals surface area contributed by atoms with Crippen molar-refractivity contribution in [2.75, 3.05) is 6.61 Å². The first-order valence-electron chi connectivity index (χ1n) is 3.08. The molecule has 0 aliphatic rings. The van der Waals surface area contributed by atoms with E-state index < -0.39 is 11.9 Å². The normalized spacial score (nSPS) is 8.82. The van der Waals surface area contributed by atoms with Gasteiger partial charge in [-0.25, -0.2) is 4.79 Å². The fourth-order valence-electron chi connectivity index (χ4n) is 0.354. The van der Waals surface area contributed by atoms with Crippen LogP contribution in [0.15, 0.2) is 12.2 Å². The summed E-state index contributed by atoms with van der Waals surface area (Å²) >= 11 is 0. The van der Waals surface area contributed by atoms with Crippen LogP contribution in [0.2, 0.25) is 0 Å². The summed E-state index contributed by atoms with van der Waals surface area (Å²) in [4.78, 5) is 20.5. The molecule has 1 N–H and O–H groups in total. The largest absolute Gasteiger partial charge is 0.481 e. The van der Waals surface area contributed by atoms with Crippen molar-refractivity contribution in [1.82, 2.24) is 0 Å². The van der Waals surface area contributed by atoms with Gasteiger partial charge in [-0.2, -0.15) is 0 Å². The fraction of sp³-hybridized carbons (Fsp3) is 0.429. The molecule has 0 saturated carbocycles. The molecule has 0 unspecified atom stereocenters. The molecular weight excluding hydrogens is 148 g/mol. The van der Waals surface area contributed by atoms with E-state index in [4.69, 9.17) is 5.11 Å². The highest BCUT2D eigenvalue weighted by molar-refractivity contribution is 5.87. The number of carbonyl (C=O) groups excluding carboxylic acids is 1. The van der Waals surface area contributed by atoms with Crippen LogP contribution in [-0.4, -0.2) is 23.7 Å². The summed E-state index contributed by atoms with van der Waals surface area (Å²) in [5.74, 6) is -1.54. The number of hydrogen-bond donors (Lipinski definition) is 1. The van der Waals surface area contributed by atoms with Crippen LogP contribution in [0.1, 0.15) is 13.3 Å². The van der Waals surface area contributed by atoms with E-state index in [0.717, 1.165) is 0 Å². The van der Waals surface area contributed by atoms with Crippen LogP contribution in [0.3, 0.4) is 0 Å². The molecular formula is C7H10O4. The topological polar surface area (TPSA) is 63.6 Å². The van der Waals surface area contributed by atoms with Gasteiger partial charge in [-0.15, -0.1) is 0 Å². The summed E-state index contributed by atoms with van der Waals surface area (Å²) in [5, 5.41) is 8.15. The third kappa shape index (κ3) is 5.14. The van der Waals surface area contributed by atoms with E-state index in [2.05, 4.69) is 11.3 Å². The Bertz CT molecular complexity index is 183. The van der Waals surface area contributed by atoms with Gasteiger partial charge < -0.3 is 9.84 Å². The van der Waals surface area contributed by atoms with E-state index in [9.17, 15) is 9.59 Å². The Hall–Kier alpha value is -1.32. The summed E-state index contributed by atoms with van der Waals surface area (Å²) in [7, 11) is 0. The zero-order valence-electron chi connectivity index (χ0n) is 6.29. The van der Waals surface area contributed by atoms with Crippen LogP contribution in [0.4, 0.5) is 0 Å². The van der Waals surface area contributed by atoms with Gasteiger partial charge in [-0.3, -0.25) is 4.79 Å². The zero-order chi connectivity index (χ0) is 8.85. The molecule has 0 spiro atoms. The number of hydrogen-bond acceptors (Lipinski definition) is 3. The Morgan fingerprint density at radius 2 is 2.09 bits per heavy atom. The van der Waals surface area contributed by atoms with Gasteiger partial charge in [0.05, 0.1) is 6.42 Å². The SMILES string of the molecule is C=C(C)C(=O)OCCC(=O)O. The first-order chi connectivity index (χ1) is 5.04. The number of rotatable bonds is 4. The highest BCUT2D eigenvalue weighted by atomic mass is 16.5. The lowest BCUT2D eigenvalue weighted by Crippen LogP contribution is -2.09. The van der Waals surface area contributed by atoms with E-state index >= 15 is 0 Å². The number of carbonyl (C=O) groups is 2. The average Bonchev–Trinajstić information content (AvgIpc) is 1.86. The minimum Gasteiger partial charge on any atom is -0.481 e. The number of aliphatic carboxylic acids is 1. The van der Waals surface area contributed by atoms with Crippen LogP contribution in [0, 0.1) is 0 Å². The van der Waals surface area contributed by atoms with E-state index in [1.165, 1.54) is 6.92 Å². The molecule has 0 fully saturated rings. The molecule has 4 nitrogen and oxygen atoms in total. The molecule has 0 amide bonds. The first kappa shape index (κ1) is 9.68. The average molecular weight is 158 g/mol. The quantitative estimate of drug-likeness (QED) is 0.480. The lowest BCUT2D eigenvalue weighted by atomic mass is 10.4. The molecule has 4 heteroatoms. The predicted molar refractivity (Wildman–Crippen MR) is 38.0 cm³/mol. The van der Waals surface area contributed by atoms with Crippen LogP contribution >= 0.6 is 0 Å². The first-order valence-corrected chi connectivity index (χ1v) is 3.08. The lowest BCUT2D eigenvalue weighted by molar-refractivity contribution is -0.143. The van der Waals surface area contributed by atoms with Gasteiger partial charge in [0.1, 0.15) is 6.61 Å². The molecule has 0 aromatic rings. The second-order valence-corrected chi connectivity index (χ2v) is 2.06. The van der Waals surface area contributed by atoms with Crippen LogP contribution in [-0.2, 0) is 14.3 Å². The van der Waals surface area contributed by atoms with Crippen molar-refractivity contribution in [3.63, 3.8) is 0 Å². The number of ether oxygens (including phenoxy) is 1. The Morgan fingerprint density at radius 3 is 2.45 bits per heavy atom. The third-order valence-electron chi connectivity index (χ3n) is 0.898. The summed E-state index contributed by atoms with van der Waals surface area (Å²) in [5.41, 5.74) is 0.274. The molecule has 0 heterocycles. The Labute approximate surface area is 64.5 Å². The van der Waals surface area contributed by atoms with E-state index in [0.29, 0.717) is 0 Å². The van der Waals surface area contributed by atoms with Crippen LogP contribution in [0.25, 0.3) is 0 Å². The molecule has 62 valence electrons. The molecule has 0 bridgehead atoms. The summed E-state index contributed by atoms with van der Waals surface area (Å²) in [6.07, 6.45) is -0.168. The molecule has 0 aromatic heterocycles. The second-order valence-electron chi connectivity index (χ2n) is 2.06. The van der Waals surface area contributed by atoms with Crippen molar-refractivity contribution in [3.8, 4) is 0 Å². The maximum atomic E-state index is 10.6. The number of carboxylic acids is 1. The summed E-state index contributed by atoms with van der Waals surface area (Å²) in [6.45, 7) is 4.74. The van der Waals surface area contributed by atoms with Gasteiger partial charge >= 0.3 is 11.9 Å². The van der Waals surface area contributed by atoms with E-state index in [-0.39, 0.29) is 18.6 Å². The van der Waals surface area contributed by atoms with Crippen LogP contribution in [0.5, 0.6) is 0 Å². The summed E-state index contributed by atoms with van der Waals surface area (Å²) < 4.78 is 4.49. The maximum Gasteiger partial charge on any atom is 0.333 e. The van der Waals surface area contributed by atoms with Gasteiger partial charge in [-0.05, 0) is 6.92 Å². The van der Waals surface area contributed by atoms with Crippen molar-refractivity contribution in [2.24, 2.45) is 0 Å². The number of esters is 1. The minimum atomic E-state index is -0.987. The van der Waals surface area contributed by atoms with Gasteiger partial charge in [0.2, 0.25) is 0 Å². The second kappa shape index (κ2) is 4.49. The van der Waals surface area contributed by atoms with E-state index in [1.807, 2.05) is 0 Å². The number of carboxylic acid groups (broad SMARTS) is 1. The lowest BCUT2D eigenvalue weighted by Gasteiger charge is -2.00. The molecule has 11 heavy (non-hydrogen) atoms. The van der Waals surface area contributed by atoms with Crippen molar-refractivity contribution < 1.29 is 19.4 Å². The van der Waals surface area contributed by atoms with Crippen molar-refractivity contribution in [1.29, 1.82) is 0 Å². The fourth-order valence-corrected chi connectivity index (χ4v) is 0.354. The highest BCUT2D eigenvalue weighted by Crippen LogP contribution is 1.92. The standard InChI is InChI=1S/C7H10O4/c1-5(2)7(10)11-4-3-6(8)9/h1,3-4H2,2H3,(H,8,9). The molecule has 0 aromatic carbocycles. The minimum absolute atomic E-state index is 0.0962. The Balaban J connectivity index is 3.47. The van der Waals surface area contributed by atoms with Crippen LogP contribution < -0.4 is 0 Å². The highest BCUT2D eigenvalue weighted by Gasteiger charge is 2.03. The molecule has 0 saturated heterocycles. The smallest absolute Gasteiger partial charge is 0.333 e. The summed E-state index contributed by atoms with van der Waals surface area (Å²) in [6, 6.07) is 0. The maximum absolute atomic E-state index is 10.6. The van der Waals surface area contributed by atoms with Gasteiger partial charge in [0, 0.05) is 5.57 Å². The van der Waals surface area contributed by atoms with Crippen molar-refractivity contribution in [3.05, 3.63) is 12.2 Å². The third-order valence-corrected chi connectivity index (χ3v) is 0.898. The van der Waals surface area contributed by atoms with Gasteiger partial charge in [0.25, 0.3) is 0 Å². The van der Waals surface area contributed by atoms with Gasteiger partial charge in [0.15, 0.2) is 0 Å². The zero-order valence-corrected chi connectivity index (χ0v) is 6.29. The monoisotopic (exact) mass is 158 g/mol. The van der Waals surface area contributed by atoms with Crippen molar-refractivity contribution in [2.45, 2.75) is 13.3 Å². The Morgan fingerprint density at radius 1 is 1.55 bits per heavy atom. The van der Waals surface area contributed by atoms with Gasteiger partial charge in [-0.1, -0.05) is 6.58 Å². The molecule has 0 aliphatic heterocycles. The Kier molecular flexibility index (Phi) is 3.95. The van der Waals surface area contributed by atoms with Crippen molar-refractivity contribution >= 4 is 11.9 Å². The molecule has 0 rings (SSSR count).